The Balaban J connectivity index is 2.14. The van der Waals surface area contributed by atoms with Gasteiger partial charge in [-0.15, -0.1) is 0 Å². The first kappa shape index (κ1) is 17.7. The molecule has 0 spiro atoms. The van der Waals surface area contributed by atoms with Crippen molar-refractivity contribution < 1.29 is 23.6 Å². The molecule has 0 amide bonds. The minimum Gasteiger partial charge on any atom is -0.451 e. The highest BCUT2D eigenvalue weighted by Crippen LogP contribution is 2.26. The number of nitro benzene ring substituents is 1. The van der Waals surface area contributed by atoms with E-state index in [9.17, 15) is 24.1 Å². The number of ether oxygens (including phenoxy) is 1. The Morgan fingerprint density at radius 3 is 2.33 bits per heavy atom. The van der Waals surface area contributed by atoms with Crippen molar-refractivity contribution in [3.63, 3.8) is 0 Å². The molecular weight excluding hydrogens is 385 g/mol. The lowest BCUT2D eigenvalue weighted by Gasteiger charge is -2.12. The Bertz CT molecular complexity index is 807. The zero-order chi connectivity index (χ0) is 17.9. The van der Waals surface area contributed by atoms with Crippen molar-refractivity contribution >= 4 is 33.4 Å². The second kappa shape index (κ2) is 7.31. The molecule has 0 saturated carbocycles. The molecule has 0 aliphatic heterocycles. The molecule has 1 unspecified atom stereocenters. The highest BCUT2D eigenvalue weighted by Gasteiger charge is 2.22. The topological polar surface area (TPSA) is 86.5 Å². The van der Waals surface area contributed by atoms with Gasteiger partial charge in [-0.25, -0.2) is 9.18 Å². The van der Waals surface area contributed by atoms with Gasteiger partial charge in [-0.05, 0) is 59.3 Å². The molecule has 1 atom stereocenters. The zero-order valence-electron chi connectivity index (χ0n) is 12.4. The maximum Gasteiger partial charge on any atom is 0.339 e. The Labute approximate surface area is 144 Å². The first-order valence-electron chi connectivity index (χ1n) is 6.74. The van der Waals surface area contributed by atoms with Crippen LogP contribution in [0, 0.1) is 15.9 Å². The van der Waals surface area contributed by atoms with Crippen LogP contribution in [0.4, 0.5) is 10.1 Å². The van der Waals surface area contributed by atoms with Crippen LogP contribution < -0.4 is 0 Å². The number of esters is 1. The molecule has 0 aliphatic rings. The number of carbonyl (C=O) groups excluding carboxylic acids is 2. The molecule has 0 aliphatic carbocycles. The number of rotatable bonds is 5. The monoisotopic (exact) mass is 395 g/mol. The van der Waals surface area contributed by atoms with Crippen molar-refractivity contribution in [1.29, 1.82) is 0 Å². The summed E-state index contributed by atoms with van der Waals surface area (Å²) in [4.78, 5) is 34.4. The van der Waals surface area contributed by atoms with Crippen molar-refractivity contribution in [3.8, 4) is 0 Å². The number of hydrogen-bond acceptors (Lipinski definition) is 5. The predicted molar refractivity (Wildman–Crippen MR) is 86.4 cm³/mol. The van der Waals surface area contributed by atoms with Crippen LogP contribution in [0.2, 0.25) is 0 Å². The number of carbonyl (C=O) groups is 2. The van der Waals surface area contributed by atoms with E-state index in [1.54, 1.807) is 0 Å². The number of ketones is 1. The number of hydrogen-bond donors (Lipinski definition) is 0. The second-order valence-electron chi connectivity index (χ2n) is 4.84. The van der Waals surface area contributed by atoms with Crippen LogP contribution >= 0.6 is 15.9 Å². The van der Waals surface area contributed by atoms with E-state index in [-0.39, 0.29) is 21.3 Å². The van der Waals surface area contributed by atoms with Crippen molar-refractivity contribution in [2.75, 3.05) is 0 Å². The molecule has 6 nitrogen and oxygen atoms in total. The van der Waals surface area contributed by atoms with Crippen LogP contribution in [0.3, 0.4) is 0 Å². The molecule has 0 fully saturated rings. The normalized spacial score (nSPS) is 11.6. The lowest BCUT2D eigenvalue weighted by atomic mass is 10.1. The van der Waals surface area contributed by atoms with E-state index in [0.717, 1.165) is 18.2 Å². The summed E-state index contributed by atoms with van der Waals surface area (Å²) in [7, 11) is 0. The average Bonchev–Trinajstić information content (AvgIpc) is 2.54. The largest absolute Gasteiger partial charge is 0.451 e. The molecule has 124 valence electrons. The average molecular weight is 396 g/mol. The van der Waals surface area contributed by atoms with Crippen LogP contribution in [0.15, 0.2) is 46.9 Å². The Morgan fingerprint density at radius 1 is 1.17 bits per heavy atom. The summed E-state index contributed by atoms with van der Waals surface area (Å²) in [6.07, 6.45) is -1.12. The van der Waals surface area contributed by atoms with Crippen molar-refractivity contribution in [2.24, 2.45) is 0 Å². The SMILES string of the molecule is CC(OC(=O)c1ccc(Br)c([N+](=O)[O-])c1)C(=O)c1ccc(F)cc1. The van der Waals surface area contributed by atoms with Gasteiger partial charge in [0.2, 0.25) is 5.78 Å². The lowest BCUT2D eigenvalue weighted by Crippen LogP contribution is -2.24. The third kappa shape index (κ3) is 4.02. The van der Waals surface area contributed by atoms with Gasteiger partial charge in [-0.1, -0.05) is 0 Å². The molecule has 0 heterocycles. The van der Waals surface area contributed by atoms with Gasteiger partial charge in [0.15, 0.2) is 6.10 Å². The van der Waals surface area contributed by atoms with Crippen LogP contribution in [-0.4, -0.2) is 22.8 Å². The molecule has 8 heteroatoms. The van der Waals surface area contributed by atoms with Gasteiger partial charge < -0.3 is 4.74 Å². The highest BCUT2D eigenvalue weighted by atomic mass is 79.9. The first-order chi connectivity index (χ1) is 11.3. The van der Waals surface area contributed by atoms with E-state index in [4.69, 9.17) is 4.74 Å². The van der Waals surface area contributed by atoms with Crippen LogP contribution in [0.1, 0.15) is 27.6 Å². The summed E-state index contributed by atoms with van der Waals surface area (Å²) in [5.74, 6) is -1.86. The molecule has 0 bridgehead atoms. The number of benzene rings is 2. The third-order valence-electron chi connectivity index (χ3n) is 3.16. The van der Waals surface area contributed by atoms with E-state index in [1.807, 2.05) is 0 Å². The Kier molecular flexibility index (Phi) is 5.40. The maximum absolute atomic E-state index is 12.9. The zero-order valence-corrected chi connectivity index (χ0v) is 13.9. The van der Waals surface area contributed by atoms with Crippen molar-refractivity contribution in [2.45, 2.75) is 13.0 Å². The Hall–Kier alpha value is -2.61. The lowest BCUT2D eigenvalue weighted by molar-refractivity contribution is -0.385. The standard InChI is InChI=1S/C16H11BrFNO5/c1-9(15(20)10-2-5-12(18)6-3-10)24-16(21)11-4-7-13(17)14(8-11)19(22)23/h2-9H,1H3. The molecule has 24 heavy (non-hydrogen) atoms. The quantitative estimate of drug-likeness (QED) is 0.331. The molecule has 0 saturated heterocycles. The smallest absolute Gasteiger partial charge is 0.339 e. The van der Waals surface area contributed by atoms with Crippen molar-refractivity contribution in [1.82, 2.24) is 0 Å². The molecule has 0 aromatic heterocycles. The summed E-state index contributed by atoms with van der Waals surface area (Å²) >= 11 is 3.01. The molecule has 0 radical (unpaired) electrons. The van der Waals surface area contributed by atoms with Gasteiger partial charge in [-0.3, -0.25) is 14.9 Å². The van der Waals surface area contributed by atoms with E-state index in [2.05, 4.69) is 15.9 Å². The molecule has 2 rings (SSSR count). The minimum atomic E-state index is -1.12. The van der Waals surface area contributed by atoms with Gasteiger partial charge >= 0.3 is 5.97 Å². The predicted octanol–water partition coefficient (Wildman–Crippen LogP) is 3.92. The fraction of sp³-hybridized carbons (Fsp3) is 0.125. The summed E-state index contributed by atoms with van der Waals surface area (Å²) in [5, 5.41) is 10.9. The molecule has 2 aromatic rings. The fourth-order valence-corrected chi connectivity index (χ4v) is 2.30. The van der Waals surface area contributed by atoms with Crippen LogP contribution in [0.5, 0.6) is 0 Å². The molecule has 0 N–H and O–H groups in total. The number of nitrogens with zero attached hydrogens (tertiary/aromatic N) is 1. The minimum absolute atomic E-state index is 0.0522. The van der Waals surface area contributed by atoms with E-state index in [1.165, 1.54) is 31.2 Å². The summed E-state index contributed by atoms with van der Waals surface area (Å²) in [5.41, 5.74) is -0.149. The van der Waals surface area contributed by atoms with E-state index >= 15 is 0 Å². The molecular formula is C16H11BrFNO5. The summed E-state index contributed by atoms with van der Waals surface area (Å²) < 4.78 is 18.1. The van der Waals surface area contributed by atoms with Gasteiger partial charge in [0.25, 0.3) is 5.69 Å². The molecule has 2 aromatic carbocycles. The first-order valence-corrected chi connectivity index (χ1v) is 7.53. The van der Waals surface area contributed by atoms with Crippen LogP contribution in [-0.2, 0) is 4.74 Å². The number of nitro groups is 1. The van der Waals surface area contributed by atoms with Gasteiger partial charge in [0.1, 0.15) is 5.82 Å². The van der Waals surface area contributed by atoms with E-state index in [0.29, 0.717) is 0 Å². The van der Waals surface area contributed by atoms with Gasteiger partial charge in [0.05, 0.1) is 15.0 Å². The van der Waals surface area contributed by atoms with Crippen LogP contribution in [0.25, 0.3) is 0 Å². The Morgan fingerprint density at radius 2 is 1.75 bits per heavy atom. The van der Waals surface area contributed by atoms with E-state index < -0.39 is 28.6 Å². The number of Topliss-reactive ketones (excluding diaryl/α,β-unsaturated/α-hetero) is 1. The third-order valence-corrected chi connectivity index (χ3v) is 3.83. The second-order valence-corrected chi connectivity index (χ2v) is 5.70. The number of halogens is 2. The highest BCUT2D eigenvalue weighted by molar-refractivity contribution is 9.10. The maximum atomic E-state index is 12.9. The van der Waals surface area contributed by atoms with Crippen molar-refractivity contribution in [3.05, 3.63) is 74.0 Å². The summed E-state index contributed by atoms with van der Waals surface area (Å²) in [6, 6.07) is 8.57. The van der Waals surface area contributed by atoms with Gasteiger partial charge in [0, 0.05) is 11.6 Å². The summed E-state index contributed by atoms with van der Waals surface area (Å²) in [6.45, 7) is 1.37. The van der Waals surface area contributed by atoms with Gasteiger partial charge in [-0.2, -0.15) is 0 Å². The fourth-order valence-electron chi connectivity index (χ4n) is 1.91.